The maximum atomic E-state index is 13.4. The van der Waals surface area contributed by atoms with Crippen LogP contribution in [0.3, 0.4) is 0 Å². The molecule has 4 rings (SSSR count). The Balaban J connectivity index is 1.45. The molecule has 180 valence electrons. The molecule has 0 bridgehead atoms. The van der Waals surface area contributed by atoms with Gasteiger partial charge in [-0.25, -0.2) is 0 Å². The second-order valence-electron chi connectivity index (χ2n) is 9.56. The highest BCUT2D eigenvalue weighted by molar-refractivity contribution is 5.95. The van der Waals surface area contributed by atoms with Gasteiger partial charge in [0.1, 0.15) is 0 Å². The van der Waals surface area contributed by atoms with Gasteiger partial charge in [0.15, 0.2) is 0 Å². The third kappa shape index (κ3) is 5.66. The molecule has 1 aliphatic heterocycles. The van der Waals surface area contributed by atoms with E-state index in [0.717, 1.165) is 42.5 Å². The number of amides is 3. The van der Waals surface area contributed by atoms with Gasteiger partial charge in [0.05, 0.1) is 13.0 Å². The summed E-state index contributed by atoms with van der Waals surface area (Å²) in [6, 6.07) is 16.1. The Morgan fingerprint density at radius 1 is 0.882 bits per heavy atom. The van der Waals surface area contributed by atoms with Gasteiger partial charge in [-0.2, -0.15) is 0 Å². The number of hydrogen-bond donors (Lipinski definition) is 0. The molecule has 0 spiro atoms. The van der Waals surface area contributed by atoms with Crippen molar-refractivity contribution in [2.45, 2.75) is 52.5 Å². The van der Waals surface area contributed by atoms with E-state index in [0.29, 0.717) is 39.1 Å². The van der Waals surface area contributed by atoms with Crippen molar-refractivity contribution in [3.63, 3.8) is 0 Å². The van der Waals surface area contributed by atoms with E-state index < -0.39 is 0 Å². The van der Waals surface area contributed by atoms with Crippen LogP contribution in [0.5, 0.6) is 0 Å². The lowest BCUT2D eigenvalue weighted by atomic mass is 10.0. The van der Waals surface area contributed by atoms with E-state index in [1.165, 1.54) is 5.56 Å². The first-order valence-electron chi connectivity index (χ1n) is 12.4. The first kappa shape index (κ1) is 24.0. The molecule has 0 aromatic heterocycles. The summed E-state index contributed by atoms with van der Waals surface area (Å²) in [6.45, 7) is 6.56. The van der Waals surface area contributed by atoms with Crippen molar-refractivity contribution in [1.82, 2.24) is 9.80 Å². The Morgan fingerprint density at radius 3 is 2.12 bits per heavy atom. The van der Waals surface area contributed by atoms with Crippen LogP contribution >= 0.6 is 0 Å². The molecule has 1 saturated heterocycles. The predicted molar refractivity (Wildman–Crippen MR) is 133 cm³/mol. The fourth-order valence-corrected chi connectivity index (χ4v) is 5.00. The van der Waals surface area contributed by atoms with Gasteiger partial charge in [-0.1, -0.05) is 49.2 Å². The lowest BCUT2D eigenvalue weighted by molar-refractivity contribution is -0.138. The van der Waals surface area contributed by atoms with E-state index >= 15 is 0 Å². The van der Waals surface area contributed by atoms with Gasteiger partial charge >= 0.3 is 0 Å². The number of carbonyl (C=O) groups is 3. The first-order valence-corrected chi connectivity index (χ1v) is 12.4. The van der Waals surface area contributed by atoms with Crippen molar-refractivity contribution in [3.8, 4) is 0 Å². The Hall–Kier alpha value is -3.15. The molecule has 2 aromatic carbocycles. The molecule has 6 heteroatoms. The number of rotatable bonds is 6. The molecule has 2 aromatic rings. The van der Waals surface area contributed by atoms with Gasteiger partial charge in [0.25, 0.3) is 0 Å². The molecule has 1 saturated carbocycles. The standard InChI is InChI=1S/C28H35N3O3/c1-21-7-3-4-10-25(21)20-31(28(34)24-8-5-6-9-24)26-13-11-23(12-14-26)19-27(33)30-17-15-29(16-18-30)22(2)32/h3-4,7,10-14,24H,5-6,8-9,15-20H2,1-2H3. The second kappa shape index (κ2) is 10.9. The highest BCUT2D eigenvalue weighted by atomic mass is 16.2. The normalized spacial score (nSPS) is 16.5. The van der Waals surface area contributed by atoms with Gasteiger partial charge < -0.3 is 14.7 Å². The summed E-state index contributed by atoms with van der Waals surface area (Å²) in [6.07, 6.45) is 4.50. The van der Waals surface area contributed by atoms with E-state index in [2.05, 4.69) is 19.1 Å². The third-order valence-electron chi connectivity index (χ3n) is 7.24. The zero-order valence-corrected chi connectivity index (χ0v) is 20.3. The smallest absolute Gasteiger partial charge is 0.230 e. The minimum atomic E-state index is 0.0603. The molecule has 3 amide bonds. The van der Waals surface area contributed by atoms with Crippen LogP contribution in [0.1, 0.15) is 49.3 Å². The molecule has 6 nitrogen and oxygen atoms in total. The van der Waals surface area contributed by atoms with Gasteiger partial charge in [-0.3, -0.25) is 14.4 Å². The summed E-state index contributed by atoms with van der Waals surface area (Å²) < 4.78 is 0. The third-order valence-corrected chi connectivity index (χ3v) is 7.24. The molecule has 34 heavy (non-hydrogen) atoms. The zero-order chi connectivity index (χ0) is 24.1. The van der Waals surface area contributed by atoms with Crippen LogP contribution in [0.2, 0.25) is 0 Å². The molecule has 1 heterocycles. The number of anilines is 1. The summed E-state index contributed by atoms with van der Waals surface area (Å²) >= 11 is 0. The maximum Gasteiger partial charge on any atom is 0.230 e. The maximum absolute atomic E-state index is 13.4. The number of carbonyl (C=O) groups excluding carboxylic acids is 3. The van der Waals surface area contributed by atoms with Crippen LogP contribution in [0.15, 0.2) is 48.5 Å². The van der Waals surface area contributed by atoms with Crippen molar-refractivity contribution >= 4 is 23.4 Å². The van der Waals surface area contributed by atoms with Crippen molar-refractivity contribution in [3.05, 3.63) is 65.2 Å². The van der Waals surface area contributed by atoms with Crippen LogP contribution in [-0.2, 0) is 27.3 Å². The monoisotopic (exact) mass is 461 g/mol. The fraction of sp³-hybridized carbons (Fsp3) is 0.464. The van der Waals surface area contributed by atoms with Gasteiger partial charge in [0, 0.05) is 44.7 Å². The second-order valence-corrected chi connectivity index (χ2v) is 9.56. The van der Waals surface area contributed by atoms with E-state index in [9.17, 15) is 14.4 Å². The molecule has 0 unspecified atom stereocenters. The van der Waals surface area contributed by atoms with Crippen molar-refractivity contribution < 1.29 is 14.4 Å². The molecule has 0 atom stereocenters. The van der Waals surface area contributed by atoms with E-state index in [1.54, 1.807) is 11.8 Å². The summed E-state index contributed by atoms with van der Waals surface area (Å²) in [5, 5.41) is 0. The van der Waals surface area contributed by atoms with Crippen molar-refractivity contribution in [2.75, 3.05) is 31.1 Å². The van der Waals surface area contributed by atoms with Crippen LogP contribution in [0.25, 0.3) is 0 Å². The molecule has 2 fully saturated rings. The molecule has 2 aliphatic rings. The summed E-state index contributed by atoms with van der Waals surface area (Å²) in [4.78, 5) is 43.3. The van der Waals surface area contributed by atoms with Crippen LogP contribution in [0, 0.1) is 12.8 Å². The fourth-order valence-electron chi connectivity index (χ4n) is 5.00. The largest absolute Gasteiger partial charge is 0.339 e. The summed E-state index contributed by atoms with van der Waals surface area (Å²) in [5.41, 5.74) is 4.15. The Bertz CT molecular complexity index is 1020. The lowest BCUT2D eigenvalue weighted by Crippen LogP contribution is -2.50. The highest BCUT2D eigenvalue weighted by Crippen LogP contribution is 2.30. The van der Waals surface area contributed by atoms with Crippen molar-refractivity contribution in [2.24, 2.45) is 5.92 Å². The van der Waals surface area contributed by atoms with Crippen LogP contribution in [0.4, 0.5) is 5.69 Å². The number of aryl methyl sites for hydroxylation is 1. The summed E-state index contributed by atoms with van der Waals surface area (Å²) in [7, 11) is 0. The number of benzene rings is 2. The molecular weight excluding hydrogens is 426 g/mol. The van der Waals surface area contributed by atoms with Gasteiger partial charge in [-0.15, -0.1) is 0 Å². The van der Waals surface area contributed by atoms with Crippen molar-refractivity contribution in [1.29, 1.82) is 0 Å². The number of hydrogen-bond acceptors (Lipinski definition) is 3. The minimum absolute atomic E-state index is 0.0603. The van der Waals surface area contributed by atoms with Gasteiger partial charge in [-0.05, 0) is 48.6 Å². The topological polar surface area (TPSA) is 60.9 Å². The SMILES string of the molecule is CC(=O)N1CCN(C(=O)Cc2ccc(N(Cc3ccccc3C)C(=O)C3CCCC3)cc2)CC1. The predicted octanol–water partition coefficient (Wildman–Crippen LogP) is 3.95. The lowest BCUT2D eigenvalue weighted by Gasteiger charge is -2.34. The highest BCUT2D eigenvalue weighted by Gasteiger charge is 2.29. The Kier molecular flexibility index (Phi) is 7.66. The molecule has 0 N–H and O–H groups in total. The van der Waals surface area contributed by atoms with E-state index in [-0.39, 0.29) is 23.6 Å². The van der Waals surface area contributed by atoms with E-state index in [4.69, 9.17) is 0 Å². The van der Waals surface area contributed by atoms with Crippen LogP contribution < -0.4 is 4.90 Å². The Labute approximate surface area is 202 Å². The first-order chi connectivity index (χ1) is 16.4. The molecule has 0 radical (unpaired) electrons. The average molecular weight is 462 g/mol. The number of nitrogens with zero attached hydrogens (tertiary/aromatic N) is 3. The average Bonchev–Trinajstić information content (AvgIpc) is 3.39. The number of piperazine rings is 1. The van der Waals surface area contributed by atoms with Gasteiger partial charge in [0.2, 0.25) is 17.7 Å². The molecular formula is C28H35N3O3. The van der Waals surface area contributed by atoms with E-state index in [1.807, 2.05) is 46.2 Å². The minimum Gasteiger partial charge on any atom is -0.339 e. The molecule has 1 aliphatic carbocycles. The zero-order valence-electron chi connectivity index (χ0n) is 20.3. The summed E-state index contributed by atoms with van der Waals surface area (Å²) in [5.74, 6) is 0.437. The Morgan fingerprint density at radius 2 is 1.50 bits per heavy atom. The quantitative estimate of drug-likeness (QED) is 0.654. The van der Waals surface area contributed by atoms with Crippen LogP contribution in [-0.4, -0.2) is 53.7 Å².